The molecule has 0 saturated heterocycles. The van der Waals surface area contributed by atoms with E-state index in [0.29, 0.717) is 54.9 Å². The summed E-state index contributed by atoms with van der Waals surface area (Å²) in [6.07, 6.45) is 2.41. The fourth-order valence-electron chi connectivity index (χ4n) is 3.03. The summed E-state index contributed by atoms with van der Waals surface area (Å²) in [5, 5.41) is 0.452. The Morgan fingerprint density at radius 3 is 2.45 bits per heavy atom. The lowest BCUT2D eigenvalue weighted by atomic mass is 9.93. The predicted octanol–water partition coefficient (Wildman–Crippen LogP) is 2.06. The minimum Gasteiger partial charge on any atom is -0.493 e. The van der Waals surface area contributed by atoms with Crippen molar-refractivity contribution in [3.05, 3.63) is 28.8 Å². The topological polar surface area (TPSA) is 99.7 Å². The minimum absolute atomic E-state index is 0. The number of ether oxygens (including phenoxy) is 2. The van der Waals surface area contributed by atoms with E-state index >= 15 is 0 Å². The highest BCUT2D eigenvalue weighted by Crippen LogP contribution is 2.29. The molecular formula is C20H31ClN4O4. The van der Waals surface area contributed by atoms with E-state index in [1.165, 1.54) is 25.1 Å². The predicted molar refractivity (Wildman–Crippen MR) is 116 cm³/mol. The van der Waals surface area contributed by atoms with Crippen molar-refractivity contribution < 1.29 is 14.3 Å². The molecule has 0 saturated carbocycles. The highest BCUT2D eigenvalue weighted by molar-refractivity contribution is 5.85. The van der Waals surface area contributed by atoms with Crippen molar-refractivity contribution in [2.45, 2.75) is 33.2 Å². The Morgan fingerprint density at radius 1 is 1.24 bits per heavy atom. The molecule has 1 aromatic carbocycles. The van der Waals surface area contributed by atoms with Gasteiger partial charge in [-0.15, -0.1) is 12.4 Å². The average Bonchev–Trinajstić information content (AvgIpc) is 2.68. The molecule has 0 spiro atoms. The number of nitrogens with zero attached hydrogens (tertiary/aromatic N) is 3. The van der Waals surface area contributed by atoms with Gasteiger partial charge in [-0.25, -0.2) is 4.98 Å². The van der Waals surface area contributed by atoms with Gasteiger partial charge < -0.3 is 20.1 Å². The Hall–Kier alpha value is -2.32. The molecule has 2 N–H and O–H groups in total. The third kappa shape index (κ3) is 6.08. The van der Waals surface area contributed by atoms with Gasteiger partial charge in [0.05, 0.1) is 31.4 Å². The Morgan fingerprint density at radius 2 is 1.86 bits per heavy atom. The molecule has 1 amide bonds. The summed E-state index contributed by atoms with van der Waals surface area (Å²) in [6, 6.07) is 3.31. The zero-order chi connectivity index (χ0) is 20.9. The molecular weight excluding hydrogens is 396 g/mol. The Balaban J connectivity index is 0.00000420. The summed E-state index contributed by atoms with van der Waals surface area (Å²) in [6.45, 7) is 5.58. The van der Waals surface area contributed by atoms with Gasteiger partial charge in [0.1, 0.15) is 0 Å². The molecule has 1 heterocycles. The number of methoxy groups -OCH3 is 2. The molecule has 0 atom stereocenters. The maximum atomic E-state index is 12.7. The first-order valence-corrected chi connectivity index (χ1v) is 9.27. The molecule has 9 heteroatoms. The molecule has 8 nitrogen and oxygen atoms in total. The van der Waals surface area contributed by atoms with Crippen molar-refractivity contribution in [3.8, 4) is 11.5 Å². The molecule has 0 bridgehead atoms. The summed E-state index contributed by atoms with van der Waals surface area (Å²) in [7, 11) is 4.84. The van der Waals surface area contributed by atoms with Gasteiger partial charge in [0.15, 0.2) is 11.5 Å². The highest BCUT2D eigenvalue weighted by Gasteiger charge is 2.21. The van der Waals surface area contributed by atoms with Crippen LogP contribution in [-0.2, 0) is 11.3 Å². The number of carbonyl (C=O) groups is 1. The second-order valence-electron chi connectivity index (χ2n) is 7.69. The molecule has 2 aromatic rings. The fourth-order valence-corrected chi connectivity index (χ4v) is 3.03. The van der Waals surface area contributed by atoms with E-state index in [1.54, 1.807) is 24.1 Å². The first-order chi connectivity index (χ1) is 13.2. The van der Waals surface area contributed by atoms with Crippen LogP contribution >= 0.6 is 12.4 Å². The molecule has 0 aliphatic heterocycles. The van der Waals surface area contributed by atoms with E-state index in [0.717, 1.165) is 0 Å². The Kier molecular flexibility index (Phi) is 8.91. The quantitative estimate of drug-likeness (QED) is 0.658. The number of hydrogen-bond donors (Lipinski definition) is 1. The van der Waals surface area contributed by atoms with Crippen LogP contribution in [0.5, 0.6) is 11.5 Å². The minimum atomic E-state index is -0.170. The highest BCUT2D eigenvalue weighted by atomic mass is 35.5. The van der Waals surface area contributed by atoms with Crippen molar-refractivity contribution in [2.75, 3.05) is 34.4 Å². The molecule has 1 aromatic heterocycles. The summed E-state index contributed by atoms with van der Waals surface area (Å²) in [5.74, 6) is 1.04. The second kappa shape index (κ2) is 10.5. The number of carbonyl (C=O) groups excluding carboxylic acids is 1. The van der Waals surface area contributed by atoms with Gasteiger partial charge in [0.25, 0.3) is 5.56 Å². The average molecular weight is 427 g/mol. The second-order valence-corrected chi connectivity index (χ2v) is 7.69. The number of rotatable bonds is 9. The molecule has 29 heavy (non-hydrogen) atoms. The number of amides is 1. The van der Waals surface area contributed by atoms with E-state index in [9.17, 15) is 9.59 Å². The molecule has 2 rings (SSSR count). The zero-order valence-electron chi connectivity index (χ0n) is 17.7. The van der Waals surface area contributed by atoms with Crippen molar-refractivity contribution in [3.63, 3.8) is 0 Å². The first-order valence-electron chi connectivity index (χ1n) is 9.27. The van der Waals surface area contributed by atoms with Crippen molar-refractivity contribution >= 4 is 29.2 Å². The first kappa shape index (κ1) is 24.7. The number of halogens is 1. The molecule has 0 aliphatic carbocycles. The van der Waals surface area contributed by atoms with Crippen LogP contribution in [0.3, 0.4) is 0 Å². The molecule has 0 fully saturated rings. The lowest BCUT2D eigenvalue weighted by molar-refractivity contribution is -0.131. The maximum Gasteiger partial charge on any atom is 0.261 e. The van der Waals surface area contributed by atoms with Gasteiger partial charge in [0.2, 0.25) is 5.91 Å². The van der Waals surface area contributed by atoms with Crippen molar-refractivity contribution in [2.24, 2.45) is 11.1 Å². The molecule has 0 unspecified atom stereocenters. The lowest BCUT2D eigenvalue weighted by Gasteiger charge is -2.29. The summed E-state index contributed by atoms with van der Waals surface area (Å²) in [4.78, 5) is 31.1. The van der Waals surface area contributed by atoms with E-state index < -0.39 is 0 Å². The van der Waals surface area contributed by atoms with Gasteiger partial charge in [-0.1, -0.05) is 13.8 Å². The van der Waals surface area contributed by atoms with Gasteiger partial charge in [-0.3, -0.25) is 14.2 Å². The lowest BCUT2D eigenvalue weighted by Crippen LogP contribution is -2.39. The number of fused-ring (bicyclic) bond motifs is 1. The van der Waals surface area contributed by atoms with Crippen LogP contribution in [0.25, 0.3) is 10.9 Å². The number of aromatic nitrogens is 2. The van der Waals surface area contributed by atoms with Gasteiger partial charge in [0, 0.05) is 32.6 Å². The van der Waals surface area contributed by atoms with Crippen LogP contribution in [0, 0.1) is 5.41 Å². The smallest absolute Gasteiger partial charge is 0.261 e. The van der Waals surface area contributed by atoms with Crippen LogP contribution in [-0.4, -0.2) is 54.7 Å². The summed E-state index contributed by atoms with van der Waals surface area (Å²) < 4.78 is 12.0. The summed E-state index contributed by atoms with van der Waals surface area (Å²) in [5.41, 5.74) is 5.98. The monoisotopic (exact) mass is 426 g/mol. The normalized spacial score (nSPS) is 11.1. The van der Waals surface area contributed by atoms with E-state index in [2.05, 4.69) is 4.98 Å². The fraction of sp³-hybridized carbons (Fsp3) is 0.550. The van der Waals surface area contributed by atoms with E-state index in [4.69, 9.17) is 15.2 Å². The number of aryl methyl sites for hydroxylation is 1. The summed E-state index contributed by atoms with van der Waals surface area (Å²) >= 11 is 0. The largest absolute Gasteiger partial charge is 0.493 e. The Labute approximate surface area is 177 Å². The van der Waals surface area contributed by atoms with Gasteiger partial charge in [-0.05, 0) is 24.4 Å². The zero-order valence-corrected chi connectivity index (χ0v) is 18.5. The van der Waals surface area contributed by atoms with Crippen molar-refractivity contribution in [1.82, 2.24) is 14.5 Å². The molecule has 0 aliphatic rings. The van der Waals surface area contributed by atoms with Gasteiger partial charge >= 0.3 is 0 Å². The van der Waals surface area contributed by atoms with Crippen LogP contribution in [0.1, 0.15) is 26.7 Å². The maximum absolute atomic E-state index is 12.7. The standard InChI is InChI=1S/C20H30N4O4.ClH/c1-20(2,11-21)12-23(3)18(25)7-6-8-24-13-22-15-10-17(28-5)16(27-4)9-14(15)19(24)26;/h9-10,13H,6-8,11-12,21H2,1-5H3;1H. The third-order valence-electron chi connectivity index (χ3n) is 4.76. The molecule has 0 radical (unpaired) electrons. The van der Waals surface area contributed by atoms with Gasteiger partial charge in [-0.2, -0.15) is 0 Å². The number of hydrogen-bond acceptors (Lipinski definition) is 6. The molecule has 162 valence electrons. The number of benzene rings is 1. The van der Waals surface area contributed by atoms with Crippen molar-refractivity contribution in [1.29, 1.82) is 0 Å². The third-order valence-corrected chi connectivity index (χ3v) is 4.76. The van der Waals surface area contributed by atoms with E-state index in [1.807, 2.05) is 13.8 Å². The number of nitrogens with two attached hydrogens (primary N) is 1. The van der Waals surface area contributed by atoms with Crippen LogP contribution in [0.2, 0.25) is 0 Å². The van der Waals surface area contributed by atoms with Crippen LogP contribution in [0.15, 0.2) is 23.3 Å². The van der Waals surface area contributed by atoms with Crippen LogP contribution in [0.4, 0.5) is 0 Å². The van der Waals surface area contributed by atoms with E-state index in [-0.39, 0.29) is 29.3 Å². The SMILES string of the molecule is COc1cc2ncn(CCCC(=O)N(C)CC(C)(C)CN)c(=O)c2cc1OC.Cl. The van der Waals surface area contributed by atoms with Crippen LogP contribution < -0.4 is 20.8 Å². The Bertz CT molecular complexity index is 898.